The third kappa shape index (κ3) is 5.19. The molecular weight excluding hydrogens is 490 g/mol. The van der Waals surface area contributed by atoms with E-state index in [1.165, 1.54) is 6.08 Å². The lowest BCUT2D eigenvalue weighted by Gasteiger charge is -2.36. The zero-order chi connectivity index (χ0) is 27.4. The van der Waals surface area contributed by atoms with E-state index >= 15 is 0 Å². The maximum absolute atomic E-state index is 13.1. The fraction of sp³-hybridized carbons (Fsp3) is 0.250. The molecule has 2 aliphatic rings. The van der Waals surface area contributed by atoms with Crippen molar-refractivity contribution in [1.29, 1.82) is 0 Å². The number of aromatic nitrogens is 1. The average molecular weight is 518 g/mol. The highest BCUT2D eigenvalue weighted by atomic mass is 16.6. The summed E-state index contributed by atoms with van der Waals surface area (Å²) in [6.07, 6.45) is 5.01. The number of aliphatic carboxylic acids is 1. The number of nitrogens with two attached hydrogens (primary N) is 1. The number of carboxylic acid groups (broad SMARTS) is 1. The van der Waals surface area contributed by atoms with E-state index in [1.54, 1.807) is 13.0 Å². The van der Waals surface area contributed by atoms with Gasteiger partial charge in [-0.3, -0.25) is 9.59 Å². The standard InChI is InChI=1S/C28H27N3O7/c1-3-28(38-24(34)14-30-16(2)8-11-23(32)33)21(20(26(29)35)15-37-27(28)36)13-19-10-9-18-12-17-6-4-5-7-22(17)31-25(18)19/h4-8,11-13,30H,2-3,9-10,14-15H2,1H3,(H2,29,35)(H,32,33)/b11-8-,19-13+. The molecule has 38 heavy (non-hydrogen) atoms. The number of primary amides is 1. The first-order valence-corrected chi connectivity index (χ1v) is 12.0. The summed E-state index contributed by atoms with van der Waals surface area (Å²) >= 11 is 0. The van der Waals surface area contributed by atoms with Gasteiger partial charge in [-0.15, -0.1) is 0 Å². The van der Waals surface area contributed by atoms with Crippen molar-refractivity contribution in [2.75, 3.05) is 13.2 Å². The van der Waals surface area contributed by atoms with Gasteiger partial charge in [0.25, 0.3) is 0 Å². The molecule has 1 aliphatic carbocycles. The average Bonchev–Trinajstić information content (AvgIpc) is 3.28. The minimum Gasteiger partial charge on any atom is -0.478 e. The molecule has 1 unspecified atom stereocenters. The number of hydrogen-bond acceptors (Lipinski definition) is 8. The van der Waals surface area contributed by atoms with Crippen LogP contribution in [0.3, 0.4) is 0 Å². The number of ether oxygens (including phenoxy) is 2. The van der Waals surface area contributed by atoms with E-state index in [1.807, 2.05) is 24.3 Å². The summed E-state index contributed by atoms with van der Waals surface area (Å²) in [5.74, 6) is -3.64. The first-order valence-electron chi connectivity index (χ1n) is 12.0. The van der Waals surface area contributed by atoms with E-state index < -0.39 is 36.0 Å². The number of fused-ring (bicyclic) bond motifs is 2. The Morgan fingerprint density at radius 3 is 2.74 bits per heavy atom. The number of carbonyl (C=O) groups excluding carboxylic acids is 3. The minimum atomic E-state index is -1.91. The lowest BCUT2D eigenvalue weighted by atomic mass is 9.83. The Bertz CT molecular complexity index is 1450. The summed E-state index contributed by atoms with van der Waals surface area (Å²) in [7, 11) is 0. The van der Waals surface area contributed by atoms with E-state index in [0.717, 1.165) is 40.2 Å². The highest BCUT2D eigenvalue weighted by Crippen LogP contribution is 2.40. The van der Waals surface area contributed by atoms with Gasteiger partial charge in [-0.1, -0.05) is 31.7 Å². The van der Waals surface area contributed by atoms with Crippen molar-refractivity contribution in [2.45, 2.75) is 31.8 Å². The van der Waals surface area contributed by atoms with Gasteiger partial charge in [0.2, 0.25) is 11.5 Å². The second-order valence-electron chi connectivity index (χ2n) is 8.90. The van der Waals surface area contributed by atoms with Crippen molar-refractivity contribution in [2.24, 2.45) is 5.73 Å². The SMILES string of the molecule is C=C(/C=C\C(=O)O)NCC(=O)OC1(CC)C(=O)OCC(C(N)=O)=C1/C=C1\CCc2cc3ccccc3nc21. The summed E-state index contributed by atoms with van der Waals surface area (Å²) in [5.41, 5.74) is 7.47. The molecule has 10 nitrogen and oxygen atoms in total. The molecule has 2 heterocycles. The number of carboxylic acids is 1. The van der Waals surface area contributed by atoms with Crippen LogP contribution in [0, 0.1) is 0 Å². The Labute approximate surface area is 218 Å². The van der Waals surface area contributed by atoms with Gasteiger partial charge in [-0.2, -0.15) is 0 Å². The molecule has 0 bridgehead atoms. The molecule has 1 aromatic carbocycles. The molecule has 0 saturated carbocycles. The molecule has 0 spiro atoms. The van der Waals surface area contributed by atoms with Crippen molar-refractivity contribution >= 4 is 40.3 Å². The molecule has 0 radical (unpaired) electrons. The number of nitrogens with one attached hydrogen (secondary N) is 1. The molecule has 4 rings (SSSR count). The van der Waals surface area contributed by atoms with Crippen LogP contribution in [0.1, 0.15) is 31.0 Å². The molecular formula is C28H27N3O7. The van der Waals surface area contributed by atoms with Gasteiger partial charge in [-0.25, -0.2) is 14.6 Å². The number of hydrogen-bond donors (Lipinski definition) is 3. The maximum Gasteiger partial charge on any atom is 0.355 e. The number of para-hydroxylation sites is 1. The van der Waals surface area contributed by atoms with E-state index in [9.17, 15) is 19.2 Å². The Morgan fingerprint density at radius 1 is 1.26 bits per heavy atom. The molecule has 2 aromatic rings. The van der Waals surface area contributed by atoms with Crippen LogP contribution in [0.25, 0.3) is 16.5 Å². The second-order valence-corrected chi connectivity index (χ2v) is 8.90. The molecule has 1 amide bonds. The van der Waals surface area contributed by atoms with E-state index in [0.29, 0.717) is 6.42 Å². The zero-order valence-electron chi connectivity index (χ0n) is 20.8. The number of amides is 1. The van der Waals surface area contributed by atoms with Crippen LogP contribution in [-0.4, -0.2) is 52.7 Å². The number of allylic oxidation sites excluding steroid dienone is 2. The fourth-order valence-electron chi connectivity index (χ4n) is 4.57. The quantitative estimate of drug-likeness (QED) is 0.258. The topological polar surface area (TPSA) is 158 Å². The number of rotatable bonds is 9. The lowest BCUT2D eigenvalue weighted by Crippen LogP contribution is -2.51. The number of carbonyl (C=O) groups is 4. The third-order valence-corrected chi connectivity index (χ3v) is 6.50. The van der Waals surface area contributed by atoms with Gasteiger partial charge in [-0.05, 0) is 54.7 Å². The Morgan fingerprint density at radius 2 is 2.03 bits per heavy atom. The van der Waals surface area contributed by atoms with Gasteiger partial charge in [0.15, 0.2) is 0 Å². The number of cyclic esters (lactones) is 1. The number of aryl methyl sites for hydroxylation is 1. The summed E-state index contributed by atoms with van der Waals surface area (Å²) < 4.78 is 10.9. The van der Waals surface area contributed by atoms with Crippen molar-refractivity contribution in [3.8, 4) is 0 Å². The summed E-state index contributed by atoms with van der Waals surface area (Å²) in [6, 6.07) is 9.80. The summed E-state index contributed by atoms with van der Waals surface area (Å²) in [4.78, 5) is 53.8. The van der Waals surface area contributed by atoms with Crippen molar-refractivity contribution < 1.29 is 33.8 Å². The van der Waals surface area contributed by atoms with Gasteiger partial charge in [0.05, 0.1) is 16.8 Å². The van der Waals surface area contributed by atoms with Crippen molar-refractivity contribution in [3.05, 3.63) is 83.2 Å². The van der Waals surface area contributed by atoms with Crippen LogP contribution >= 0.6 is 0 Å². The van der Waals surface area contributed by atoms with Crippen molar-refractivity contribution in [1.82, 2.24) is 10.3 Å². The number of benzene rings is 1. The lowest BCUT2D eigenvalue weighted by molar-refractivity contribution is -0.179. The maximum atomic E-state index is 13.1. The monoisotopic (exact) mass is 517 g/mol. The molecule has 1 aliphatic heterocycles. The van der Waals surface area contributed by atoms with Crippen LogP contribution in [0.4, 0.5) is 0 Å². The highest BCUT2D eigenvalue weighted by molar-refractivity contribution is 6.01. The van der Waals surface area contributed by atoms with Crippen molar-refractivity contribution in [3.63, 3.8) is 0 Å². The molecule has 1 aromatic heterocycles. The molecule has 1 atom stereocenters. The van der Waals surface area contributed by atoms with E-state index in [2.05, 4.69) is 18.0 Å². The zero-order valence-corrected chi connectivity index (χ0v) is 20.8. The Balaban J connectivity index is 1.71. The summed E-state index contributed by atoms with van der Waals surface area (Å²) in [6.45, 7) is 4.48. The van der Waals surface area contributed by atoms with Gasteiger partial charge in [0.1, 0.15) is 13.2 Å². The smallest absolute Gasteiger partial charge is 0.355 e. The number of pyridine rings is 1. The molecule has 196 valence electrons. The number of esters is 2. The van der Waals surface area contributed by atoms with Crippen LogP contribution in [0.15, 0.2) is 72.0 Å². The highest BCUT2D eigenvalue weighted by Gasteiger charge is 2.50. The van der Waals surface area contributed by atoms with Gasteiger partial charge < -0.3 is 25.6 Å². The van der Waals surface area contributed by atoms with Gasteiger partial charge >= 0.3 is 17.9 Å². The van der Waals surface area contributed by atoms with E-state index in [-0.39, 0.29) is 29.9 Å². The minimum absolute atomic E-state index is 0.0225. The van der Waals surface area contributed by atoms with Gasteiger partial charge in [0, 0.05) is 22.7 Å². The first kappa shape index (κ1) is 26.3. The molecule has 0 fully saturated rings. The van der Waals surface area contributed by atoms with Crippen LogP contribution in [0.5, 0.6) is 0 Å². The number of nitrogens with zero attached hydrogens (tertiary/aromatic N) is 1. The van der Waals surface area contributed by atoms with E-state index in [4.69, 9.17) is 25.3 Å². The Hall–Kier alpha value is -4.73. The fourth-order valence-corrected chi connectivity index (χ4v) is 4.57. The van der Waals surface area contributed by atoms with Crippen LogP contribution < -0.4 is 11.1 Å². The van der Waals surface area contributed by atoms with Crippen LogP contribution in [0.2, 0.25) is 0 Å². The molecule has 4 N–H and O–H groups in total. The molecule has 0 saturated heterocycles. The normalized spacial score (nSPS) is 19.9. The predicted molar refractivity (Wildman–Crippen MR) is 138 cm³/mol. The Kier molecular flexibility index (Phi) is 7.43. The largest absolute Gasteiger partial charge is 0.478 e. The predicted octanol–water partition coefficient (Wildman–Crippen LogP) is 2.34. The van der Waals surface area contributed by atoms with Crippen LogP contribution in [-0.2, 0) is 35.1 Å². The summed E-state index contributed by atoms with van der Waals surface area (Å²) in [5, 5.41) is 12.4. The first-order chi connectivity index (χ1) is 18.1. The third-order valence-electron chi connectivity index (χ3n) is 6.50. The molecule has 10 heteroatoms. The second kappa shape index (κ2) is 10.7.